The Morgan fingerprint density at radius 1 is 1.30 bits per heavy atom. The second kappa shape index (κ2) is 6.74. The molecular weight excluding hydrogens is 332 g/mol. The Balaban J connectivity index is 2.40. The van der Waals surface area contributed by atoms with Gasteiger partial charge in [-0.2, -0.15) is 0 Å². The van der Waals surface area contributed by atoms with E-state index in [4.69, 9.17) is 5.73 Å². The third-order valence-electron chi connectivity index (χ3n) is 3.39. The first-order valence-corrected chi connectivity index (χ1v) is 8.48. The van der Waals surface area contributed by atoms with Crippen molar-refractivity contribution in [3.05, 3.63) is 50.6 Å². The maximum absolute atomic E-state index is 6.28. The molecule has 0 saturated heterocycles. The lowest BCUT2D eigenvalue weighted by molar-refractivity contribution is 0.545. The summed E-state index contributed by atoms with van der Waals surface area (Å²) in [7, 11) is 0. The molecule has 1 aromatic carbocycles. The van der Waals surface area contributed by atoms with Crippen molar-refractivity contribution in [2.45, 2.75) is 32.9 Å². The molecule has 0 bridgehead atoms. The van der Waals surface area contributed by atoms with Crippen LogP contribution in [0.3, 0.4) is 0 Å². The van der Waals surface area contributed by atoms with Crippen LogP contribution in [0.4, 0.5) is 5.69 Å². The van der Waals surface area contributed by atoms with Crippen LogP contribution < -0.4 is 10.6 Å². The van der Waals surface area contributed by atoms with Crippen LogP contribution in [0.25, 0.3) is 0 Å². The molecule has 0 fully saturated rings. The minimum atomic E-state index is 0.0704. The molecule has 2 rings (SSSR count). The maximum atomic E-state index is 6.28. The molecule has 0 aliphatic rings. The Hall–Kier alpha value is -0.840. The monoisotopic (exact) mass is 352 g/mol. The number of thiophene rings is 1. The average Bonchev–Trinajstić information content (AvgIpc) is 2.81. The first-order valence-electron chi connectivity index (χ1n) is 6.87. The van der Waals surface area contributed by atoms with Crippen molar-refractivity contribution in [2.24, 2.45) is 5.73 Å². The van der Waals surface area contributed by atoms with Crippen molar-refractivity contribution in [3.63, 3.8) is 0 Å². The number of likely N-dealkylation sites (N-methyl/N-ethyl adjacent to an activating group) is 1. The summed E-state index contributed by atoms with van der Waals surface area (Å²) < 4.78 is 1.15. The number of benzene rings is 1. The van der Waals surface area contributed by atoms with E-state index in [9.17, 15) is 0 Å². The smallest absolute Gasteiger partial charge is 0.0783 e. The van der Waals surface area contributed by atoms with Crippen molar-refractivity contribution in [1.29, 1.82) is 0 Å². The summed E-state index contributed by atoms with van der Waals surface area (Å²) in [6, 6.07) is 13.2. The normalized spacial score (nSPS) is 14.1. The maximum Gasteiger partial charge on any atom is 0.0783 e. The van der Waals surface area contributed by atoms with Gasteiger partial charge in [0.1, 0.15) is 0 Å². The highest BCUT2D eigenvalue weighted by Crippen LogP contribution is 2.35. The zero-order chi connectivity index (χ0) is 14.7. The summed E-state index contributed by atoms with van der Waals surface area (Å²) in [6.45, 7) is 7.32. The lowest BCUT2D eigenvalue weighted by atomic mass is 10.1. The van der Waals surface area contributed by atoms with E-state index in [2.05, 4.69) is 78.0 Å². The van der Waals surface area contributed by atoms with Gasteiger partial charge in [0, 0.05) is 23.2 Å². The van der Waals surface area contributed by atoms with Gasteiger partial charge in [0.15, 0.2) is 0 Å². The molecule has 1 aromatic heterocycles. The number of anilines is 1. The highest BCUT2D eigenvalue weighted by Gasteiger charge is 2.25. The van der Waals surface area contributed by atoms with Gasteiger partial charge in [0.2, 0.25) is 0 Å². The Morgan fingerprint density at radius 2 is 2.05 bits per heavy atom. The van der Waals surface area contributed by atoms with E-state index < -0.39 is 0 Å². The molecule has 0 spiro atoms. The van der Waals surface area contributed by atoms with Crippen LogP contribution in [0.1, 0.15) is 30.3 Å². The van der Waals surface area contributed by atoms with E-state index >= 15 is 0 Å². The van der Waals surface area contributed by atoms with Gasteiger partial charge in [0.25, 0.3) is 0 Å². The molecule has 0 aliphatic carbocycles. The summed E-state index contributed by atoms with van der Waals surface area (Å²) >= 11 is 5.31. The molecule has 2 nitrogen and oxygen atoms in total. The summed E-state index contributed by atoms with van der Waals surface area (Å²) in [5, 5.41) is 0. The van der Waals surface area contributed by atoms with Gasteiger partial charge in [-0.15, -0.1) is 11.3 Å². The Morgan fingerprint density at radius 3 is 2.55 bits per heavy atom. The number of hydrogen-bond donors (Lipinski definition) is 1. The lowest BCUT2D eigenvalue weighted by Gasteiger charge is -2.35. The molecule has 0 saturated carbocycles. The number of nitrogens with two attached hydrogens (primary N) is 1. The standard InChI is InChI=1S/C16H21BrN2S/c1-4-19(13-7-5-6-11(2)10-13)16(12(3)18)14-8-9-15(17)20-14/h5-10,12,16H,4,18H2,1-3H3. The fourth-order valence-electron chi connectivity index (χ4n) is 2.53. The van der Waals surface area contributed by atoms with Gasteiger partial charge in [-0.1, -0.05) is 12.1 Å². The van der Waals surface area contributed by atoms with Gasteiger partial charge < -0.3 is 10.6 Å². The fraction of sp³-hybridized carbons (Fsp3) is 0.375. The Bertz CT molecular complexity index is 565. The third kappa shape index (κ3) is 3.43. The van der Waals surface area contributed by atoms with Crippen molar-refractivity contribution in [2.75, 3.05) is 11.4 Å². The van der Waals surface area contributed by atoms with E-state index in [1.807, 2.05) is 0 Å². The highest BCUT2D eigenvalue weighted by molar-refractivity contribution is 9.11. The van der Waals surface area contributed by atoms with E-state index in [1.54, 1.807) is 11.3 Å². The van der Waals surface area contributed by atoms with Gasteiger partial charge in [-0.3, -0.25) is 0 Å². The number of rotatable bonds is 5. The summed E-state index contributed by atoms with van der Waals surface area (Å²) in [5.41, 5.74) is 8.79. The molecule has 0 aliphatic heterocycles. The summed E-state index contributed by atoms with van der Waals surface area (Å²) in [4.78, 5) is 3.69. The van der Waals surface area contributed by atoms with Gasteiger partial charge in [-0.05, 0) is 66.5 Å². The molecule has 108 valence electrons. The molecule has 1 heterocycles. The van der Waals surface area contributed by atoms with E-state index in [1.165, 1.54) is 16.1 Å². The van der Waals surface area contributed by atoms with Crippen LogP contribution in [0.2, 0.25) is 0 Å². The van der Waals surface area contributed by atoms with Crippen molar-refractivity contribution < 1.29 is 0 Å². The first kappa shape index (κ1) is 15.5. The third-order valence-corrected chi connectivity index (χ3v) is 5.09. The van der Waals surface area contributed by atoms with Crippen LogP contribution >= 0.6 is 27.3 Å². The van der Waals surface area contributed by atoms with Gasteiger partial charge >= 0.3 is 0 Å². The topological polar surface area (TPSA) is 29.3 Å². The number of hydrogen-bond acceptors (Lipinski definition) is 3. The largest absolute Gasteiger partial charge is 0.362 e. The fourth-order valence-corrected chi connectivity index (χ4v) is 4.18. The molecule has 2 atom stereocenters. The lowest BCUT2D eigenvalue weighted by Crippen LogP contribution is -2.39. The van der Waals surface area contributed by atoms with Crippen molar-refractivity contribution in [3.8, 4) is 0 Å². The Labute approximate surface area is 133 Å². The average molecular weight is 353 g/mol. The molecule has 0 amide bonds. The van der Waals surface area contributed by atoms with E-state index in [0.717, 1.165) is 10.3 Å². The van der Waals surface area contributed by atoms with Gasteiger partial charge in [0.05, 0.1) is 9.83 Å². The zero-order valence-corrected chi connectivity index (χ0v) is 14.5. The molecule has 2 unspecified atom stereocenters. The highest BCUT2D eigenvalue weighted by atomic mass is 79.9. The minimum Gasteiger partial charge on any atom is -0.362 e. The quantitative estimate of drug-likeness (QED) is 0.842. The number of halogens is 1. The van der Waals surface area contributed by atoms with Crippen molar-refractivity contribution in [1.82, 2.24) is 0 Å². The second-order valence-corrected chi connectivity index (χ2v) is 7.57. The predicted octanol–water partition coefficient (Wildman–Crippen LogP) is 4.73. The van der Waals surface area contributed by atoms with Crippen LogP contribution in [0.5, 0.6) is 0 Å². The number of nitrogens with zero attached hydrogens (tertiary/aromatic N) is 1. The summed E-state index contributed by atoms with van der Waals surface area (Å²) in [6.07, 6.45) is 0. The molecule has 0 radical (unpaired) electrons. The van der Waals surface area contributed by atoms with Crippen LogP contribution in [0.15, 0.2) is 40.2 Å². The molecule has 20 heavy (non-hydrogen) atoms. The van der Waals surface area contributed by atoms with Gasteiger partial charge in [-0.25, -0.2) is 0 Å². The summed E-state index contributed by atoms with van der Waals surface area (Å²) in [5.74, 6) is 0. The SMILES string of the molecule is CCN(c1cccc(C)c1)C(c1ccc(Br)s1)C(C)N. The molecule has 4 heteroatoms. The number of aryl methyl sites for hydroxylation is 1. The van der Waals surface area contributed by atoms with Crippen LogP contribution in [-0.2, 0) is 0 Å². The van der Waals surface area contributed by atoms with Crippen LogP contribution in [-0.4, -0.2) is 12.6 Å². The molecule has 2 N–H and O–H groups in total. The van der Waals surface area contributed by atoms with E-state index in [0.29, 0.717) is 0 Å². The zero-order valence-electron chi connectivity index (χ0n) is 12.1. The van der Waals surface area contributed by atoms with E-state index in [-0.39, 0.29) is 12.1 Å². The predicted molar refractivity (Wildman–Crippen MR) is 92.6 cm³/mol. The second-order valence-electron chi connectivity index (χ2n) is 5.07. The Kier molecular flexibility index (Phi) is 5.24. The van der Waals surface area contributed by atoms with Crippen molar-refractivity contribution >= 4 is 33.0 Å². The molecule has 2 aromatic rings. The minimum absolute atomic E-state index is 0.0704. The van der Waals surface area contributed by atoms with Crippen LogP contribution in [0, 0.1) is 6.92 Å². The first-order chi connectivity index (χ1) is 9.52. The molecular formula is C16H21BrN2S.